The number of para-hydroxylation sites is 1. The Hall–Kier alpha value is -1.80. The van der Waals surface area contributed by atoms with Crippen LogP contribution in [0.25, 0.3) is 0 Å². The molecule has 1 atom stereocenters. The minimum absolute atomic E-state index is 0.0358. The zero-order valence-electron chi connectivity index (χ0n) is 10.7. The molecule has 0 aliphatic carbocycles. The predicted molar refractivity (Wildman–Crippen MR) is 74.7 cm³/mol. The van der Waals surface area contributed by atoms with Crippen LogP contribution in [0.4, 0.5) is 0 Å². The van der Waals surface area contributed by atoms with Crippen molar-refractivity contribution in [1.82, 2.24) is 0 Å². The van der Waals surface area contributed by atoms with Crippen molar-refractivity contribution in [3.05, 3.63) is 65.7 Å². The van der Waals surface area contributed by atoms with Crippen LogP contribution in [0.5, 0.6) is 5.75 Å². The molecule has 2 N–H and O–H groups in total. The second-order valence-corrected chi connectivity index (χ2v) is 4.47. The van der Waals surface area contributed by atoms with Gasteiger partial charge < -0.3 is 10.5 Å². The molecule has 0 heterocycles. The molecule has 0 fully saturated rings. The number of aryl methyl sites for hydroxylation is 1. The van der Waals surface area contributed by atoms with Crippen molar-refractivity contribution in [3.63, 3.8) is 0 Å². The lowest BCUT2D eigenvalue weighted by Crippen LogP contribution is -2.14. The number of hydrogen-bond donors (Lipinski definition) is 1. The minimum Gasteiger partial charge on any atom is -0.494 e. The third-order valence-corrected chi connectivity index (χ3v) is 2.91. The fraction of sp³-hybridized carbons (Fsp3) is 0.250. The molecule has 0 radical (unpaired) electrons. The van der Waals surface area contributed by atoms with E-state index in [4.69, 9.17) is 10.5 Å². The molecule has 2 rings (SSSR count). The summed E-state index contributed by atoms with van der Waals surface area (Å²) < 4.78 is 5.65. The van der Waals surface area contributed by atoms with Crippen molar-refractivity contribution in [2.75, 3.05) is 6.61 Å². The Morgan fingerprint density at radius 2 is 1.83 bits per heavy atom. The molecule has 0 saturated carbocycles. The summed E-state index contributed by atoms with van der Waals surface area (Å²) in [5.41, 5.74) is 8.56. The van der Waals surface area contributed by atoms with Crippen LogP contribution in [0.15, 0.2) is 54.6 Å². The summed E-state index contributed by atoms with van der Waals surface area (Å²) in [6.45, 7) is 2.72. The van der Waals surface area contributed by atoms with E-state index in [9.17, 15) is 0 Å². The second-order valence-electron chi connectivity index (χ2n) is 4.47. The van der Waals surface area contributed by atoms with Gasteiger partial charge in [0.1, 0.15) is 5.75 Å². The van der Waals surface area contributed by atoms with Crippen molar-refractivity contribution in [2.45, 2.75) is 19.4 Å². The van der Waals surface area contributed by atoms with Gasteiger partial charge in [-0.2, -0.15) is 0 Å². The minimum atomic E-state index is 0.0358. The lowest BCUT2D eigenvalue weighted by atomic mass is 10.0. The van der Waals surface area contributed by atoms with Gasteiger partial charge in [-0.1, -0.05) is 48.0 Å². The van der Waals surface area contributed by atoms with Crippen molar-refractivity contribution >= 4 is 0 Å². The number of ether oxygens (including phenoxy) is 1. The molecular weight excluding hydrogens is 222 g/mol. The molecule has 2 nitrogen and oxygen atoms in total. The molecule has 0 amide bonds. The summed E-state index contributed by atoms with van der Waals surface area (Å²) in [5.74, 6) is 0.897. The first-order valence-corrected chi connectivity index (χ1v) is 6.26. The molecule has 0 saturated heterocycles. The Morgan fingerprint density at radius 3 is 2.56 bits per heavy atom. The number of hydrogen-bond acceptors (Lipinski definition) is 2. The van der Waals surface area contributed by atoms with E-state index in [1.165, 1.54) is 11.1 Å². The quantitative estimate of drug-likeness (QED) is 0.870. The maximum atomic E-state index is 6.15. The molecule has 0 bridgehead atoms. The number of benzene rings is 2. The van der Waals surface area contributed by atoms with E-state index in [2.05, 4.69) is 25.1 Å². The van der Waals surface area contributed by atoms with E-state index in [1.807, 2.05) is 36.4 Å². The van der Waals surface area contributed by atoms with Crippen molar-refractivity contribution in [3.8, 4) is 5.75 Å². The van der Waals surface area contributed by atoms with Gasteiger partial charge in [0, 0.05) is 12.5 Å². The highest BCUT2D eigenvalue weighted by Gasteiger charge is 2.06. The Kier molecular flexibility index (Phi) is 4.37. The van der Waals surface area contributed by atoms with Crippen LogP contribution in [-0.2, 0) is 0 Å². The molecule has 2 aromatic carbocycles. The lowest BCUT2D eigenvalue weighted by Gasteiger charge is -2.13. The SMILES string of the molecule is Cc1cccc(C(N)CCOc2ccccc2)c1. The van der Waals surface area contributed by atoms with Gasteiger partial charge >= 0.3 is 0 Å². The first-order valence-electron chi connectivity index (χ1n) is 6.26. The molecule has 0 spiro atoms. The topological polar surface area (TPSA) is 35.2 Å². The molecule has 2 aromatic rings. The summed E-state index contributed by atoms with van der Waals surface area (Å²) in [6, 6.07) is 18.2. The molecule has 1 unspecified atom stereocenters. The smallest absolute Gasteiger partial charge is 0.119 e. The largest absolute Gasteiger partial charge is 0.494 e. The Bertz CT molecular complexity index is 481. The second kappa shape index (κ2) is 6.22. The molecule has 18 heavy (non-hydrogen) atoms. The third-order valence-electron chi connectivity index (χ3n) is 2.91. The van der Waals surface area contributed by atoms with E-state index >= 15 is 0 Å². The third kappa shape index (κ3) is 3.60. The van der Waals surface area contributed by atoms with Crippen LogP contribution >= 0.6 is 0 Å². The van der Waals surface area contributed by atoms with Crippen LogP contribution in [0.2, 0.25) is 0 Å². The van der Waals surface area contributed by atoms with E-state index in [0.717, 1.165) is 12.2 Å². The molecular formula is C16H19NO. The highest BCUT2D eigenvalue weighted by atomic mass is 16.5. The van der Waals surface area contributed by atoms with Gasteiger partial charge in [-0.15, -0.1) is 0 Å². The Labute approximate surface area is 108 Å². The van der Waals surface area contributed by atoms with Crippen LogP contribution < -0.4 is 10.5 Å². The number of nitrogens with two attached hydrogens (primary N) is 1. The monoisotopic (exact) mass is 241 g/mol. The van der Waals surface area contributed by atoms with Gasteiger partial charge in [0.2, 0.25) is 0 Å². The average Bonchev–Trinajstić information content (AvgIpc) is 2.40. The molecule has 94 valence electrons. The summed E-state index contributed by atoms with van der Waals surface area (Å²) in [6.07, 6.45) is 0.818. The van der Waals surface area contributed by atoms with Crippen LogP contribution in [0.1, 0.15) is 23.6 Å². The van der Waals surface area contributed by atoms with E-state index in [1.54, 1.807) is 0 Å². The highest BCUT2D eigenvalue weighted by molar-refractivity contribution is 5.25. The zero-order valence-corrected chi connectivity index (χ0v) is 10.7. The molecule has 0 aliphatic heterocycles. The first-order chi connectivity index (χ1) is 8.75. The summed E-state index contributed by atoms with van der Waals surface area (Å²) >= 11 is 0. The maximum Gasteiger partial charge on any atom is 0.119 e. The lowest BCUT2D eigenvalue weighted by molar-refractivity contribution is 0.298. The first kappa shape index (κ1) is 12.7. The van der Waals surface area contributed by atoms with E-state index in [0.29, 0.717) is 6.61 Å². The summed E-state index contributed by atoms with van der Waals surface area (Å²) in [7, 11) is 0. The zero-order chi connectivity index (χ0) is 12.8. The van der Waals surface area contributed by atoms with Gasteiger partial charge in [-0.25, -0.2) is 0 Å². The molecule has 0 aliphatic rings. The molecule has 0 aromatic heterocycles. The van der Waals surface area contributed by atoms with E-state index < -0.39 is 0 Å². The Balaban J connectivity index is 1.83. The van der Waals surface area contributed by atoms with Crippen molar-refractivity contribution in [2.24, 2.45) is 5.73 Å². The summed E-state index contributed by atoms with van der Waals surface area (Å²) in [5, 5.41) is 0. The standard InChI is InChI=1S/C16H19NO/c1-13-6-5-7-14(12-13)16(17)10-11-18-15-8-3-2-4-9-15/h2-9,12,16H,10-11,17H2,1H3. The van der Waals surface area contributed by atoms with Gasteiger partial charge in [-0.3, -0.25) is 0 Å². The summed E-state index contributed by atoms with van der Waals surface area (Å²) in [4.78, 5) is 0. The average molecular weight is 241 g/mol. The van der Waals surface area contributed by atoms with Gasteiger partial charge in [0.05, 0.1) is 6.61 Å². The predicted octanol–water partition coefficient (Wildman–Crippen LogP) is 3.46. The van der Waals surface area contributed by atoms with Crippen LogP contribution in [0, 0.1) is 6.92 Å². The van der Waals surface area contributed by atoms with Gasteiger partial charge in [0.25, 0.3) is 0 Å². The van der Waals surface area contributed by atoms with Gasteiger partial charge in [0.15, 0.2) is 0 Å². The normalized spacial score (nSPS) is 12.1. The van der Waals surface area contributed by atoms with Crippen LogP contribution in [0.3, 0.4) is 0 Å². The Morgan fingerprint density at radius 1 is 1.06 bits per heavy atom. The fourth-order valence-corrected chi connectivity index (χ4v) is 1.89. The van der Waals surface area contributed by atoms with Crippen molar-refractivity contribution in [1.29, 1.82) is 0 Å². The fourth-order valence-electron chi connectivity index (χ4n) is 1.89. The van der Waals surface area contributed by atoms with Crippen LogP contribution in [-0.4, -0.2) is 6.61 Å². The van der Waals surface area contributed by atoms with Crippen molar-refractivity contribution < 1.29 is 4.74 Å². The highest BCUT2D eigenvalue weighted by Crippen LogP contribution is 2.16. The van der Waals surface area contributed by atoms with Gasteiger partial charge in [-0.05, 0) is 24.6 Å². The van der Waals surface area contributed by atoms with E-state index in [-0.39, 0.29) is 6.04 Å². The number of rotatable bonds is 5. The maximum absolute atomic E-state index is 6.15. The molecule has 2 heteroatoms.